The van der Waals surface area contributed by atoms with Gasteiger partial charge in [-0.15, -0.1) is 11.6 Å². The first-order chi connectivity index (χ1) is 9.12. The molecule has 0 radical (unpaired) electrons. The molecule has 1 aromatic carbocycles. The molecule has 112 valence electrons. The maximum Gasteiger partial charge on any atom is 0.184 e. The van der Waals surface area contributed by atoms with E-state index < -0.39 is 5.38 Å². The van der Waals surface area contributed by atoms with E-state index in [2.05, 4.69) is 34.6 Å². The van der Waals surface area contributed by atoms with E-state index in [-0.39, 0.29) is 11.2 Å². The molecule has 2 nitrogen and oxygen atoms in total. The monoisotopic (exact) mass is 296 g/mol. The average molecular weight is 297 g/mol. The number of benzene rings is 1. The summed E-state index contributed by atoms with van der Waals surface area (Å²) in [5.41, 5.74) is 1.68. The van der Waals surface area contributed by atoms with Crippen LogP contribution >= 0.6 is 11.6 Å². The molecular weight excluding hydrogens is 272 g/mol. The molecular formula is C17H25ClO2. The second-order valence-electron chi connectivity index (χ2n) is 6.65. The molecule has 1 unspecified atom stereocenters. The van der Waals surface area contributed by atoms with Gasteiger partial charge in [0.1, 0.15) is 5.75 Å². The van der Waals surface area contributed by atoms with Crippen LogP contribution in [0.1, 0.15) is 57.5 Å². The molecule has 1 aromatic rings. The van der Waals surface area contributed by atoms with E-state index in [0.717, 1.165) is 5.56 Å². The molecule has 0 fully saturated rings. The molecule has 0 bridgehead atoms. The van der Waals surface area contributed by atoms with Crippen molar-refractivity contribution < 1.29 is 9.53 Å². The molecule has 0 aromatic heterocycles. The van der Waals surface area contributed by atoms with Crippen LogP contribution in [0.15, 0.2) is 18.2 Å². The molecule has 0 aliphatic heterocycles. The van der Waals surface area contributed by atoms with Crippen molar-refractivity contribution in [2.45, 2.75) is 52.3 Å². The molecule has 0 spiro atoms. The second kappa shape index (κ2) is 6.62. The molecule has 0 saturated carbocycles. The van der Waals surface area contributed by atoms with Gasteiger partial charge in [-0.05, 0) is 36.0 Å². The Morgan fingerprint density at radius 2 is 1.85 bits per heavy atom. The Morgan fingerprint density at radius 1 is 1.25 bits per heavy atom. The number of ketones is 1. The predicted octanol–water partition coefficient (Wildman–Crippen LogP) is 4.83. The van der Waals surface area contributed by atoms with Gasteiger partial charge in [-0.3, -0.25) is 4.79 Å². The van der Waals surface area contributed by atoms with Crippen LogP contribution in [0.3, 0.4) is 0 Å². The van der Waals surface area contributed by atoms with Gasteiger partial charge in [-0.1, -0.05) is 40.7 Å². The van der Waals surface area contributed by atoms with Crippen molar-refractivity contribution in [1.82, 2.24) is 0 Å². The van der Waals surface area contributed by atoms with Crippen molar-refractivity contribution >= 4 is 17.4 Å². The van der Waals surface area contributed by atoms with Crippen LogP contribution in [0.5, 0.6) is 5.75 Å². The number of rotatable bonds is 5. The molecule has 0 saturated heterocycles. The summed E-state index contributed by atoms with van der Waals surface area (Å²) in [6.45, 7) is 12.8. The Morgan fingerprint density at radius 3 is 2.30 bits per heavy atom. The minimum absolute atomic E-state index is 0.0127. The number of alkyl halides is 1. The van der Waals surface area contributed by atoms with E-state index in [1.54, 1.807) is 6.92 Å². The quantitative estimate of drug-likeness (QED) is 0.575. The van der Waals surface area contributed by atoms with Crippen LogP contribution in [-0.2, 0) is 5.41 Å². The van der Waals surface area contributed by atoms with Crippen LogP contribution in [0.4, 0.5) is 0 Å². The predicted molar refractivity (Wildman–Crippen MR) is 85.1 cm³/mol. The maximum absolute atomic E-state index is 12.3. The van der Waals surface area contributed by atoms with E-state index in [1.165, 1.54) is 0 Å². The minimum Gasteiger partial charge on any atom is -0.493 e. The first-order valence-corrected chi connectivity index (χ1v) is 7.52. The number of carbonyl (C=O) groups is 1. The standard InChI is InChI=1S/C17H25ClO2/c1-11(2)10-20-15-8-7-13(17(4,5)6)9-14(15)16(19)12(3)18/h7-9,11-12H,10H2,1-6H3. The fourth-order valence-electron chi connectivity index (χ4n) is 1.79. The largest absolute Gasteiger partial charge is 0.493 e. The number of ether oxygens (including phenoxy) is 1. The zero-order chi connectivity index (χ0) is 15.5. The van der Waals surface area contributed by atoms with E-state index >= 15 is 0 Å². The lowest BCUT2D eigenvalue weighted by Gasteiger charge is -2.22. The summed E-state index contributed by atoms with van der Waals surface area (Å²) in [5, 5.41) is -0.549. The van der Waals surface area contributed by atoms with Gasteiger partial charge in [0.25, 0.3) is 0 Å². The van der Waals surface area contributed by atoms with Gasteiger partial charge in [-0.2, -0.15) is 0 Å². The topological polar surface area (TPSA) is 26.3 Å². The SMILES string of the molecule is CC(C)COc1ccc(C(C)(C)C)cc1C(=O)C(C)Cl. The van der Waals surface area contributed by atoms with Crippen LogP contribution in [0, 0.1) is 5.92 Å². The molecule has 0 N–H and O–H groups in total. The van der Waals surface area contributed by atoms with Crippen LogP contribution in [-0.4, -0.2) is 17.8 Å². The molecule has 20 heavy (non-hydrogen) atoms. The van der Waals surface area contributed by atoms with Crippen molar-refractivity contribution in [3.63, 3.8) is 0 Å². The Balaban J connectivity index is 3.20. The fourth-order valence-corrected chi connectivity index (χ4v) is 1.90. The number of hydrogen-bond acceptors (Lipinski definition) is 2. The Labute approximate surface area is 127 Å². The van der Waals surface area contributed by atoms with Gasteiger partial charge in [0, 0.05) is 0 Å². The lowest BCUT2D eigenvalue weighted by molar-refractivity contribution is 0.0987. The highest BCUT2D eigenvalue weighted by molar-refractivity contribution is 6.34. The third-order valence-electron chi connectivity index (χ3n) is 3.04. The number of hydrogen-bond donors (Lipinski definition) is 0. The molecule has 3 heteroatoms. The lowest BCUT2D eigenvalue weighted by Crippen LogP contribution is -2.17. The van der Waals surface area contributed by atoms with Crippen molar-refractivity contribution in [1.29, 1.82) is 0 Å². The van der Waals surface area contributed by atoms with E-state index in [0.29, 0.717) is 23.8 Å². The maximum atomic E-state index is 12.3. The van der Waals surface area contributed by atoms with Gasteiger partial charge in [-0.25, -0.2) is 0 Å². The molecule has 0 aliphatic carbocycles. The van der Waals surface area contributed by atoms with Crippen molar-refractivity contribution in [3.8, 4) is 5.75 Å². The highest BCUT2D eigenvalue weighted by Gasteiger charge is 2.22. The number of halogens is 1. The lowest BCUT2D eigenvalue weighted by atomic mass is 9.85. The fraction of sp³-hybridized carbons (Fsp3) is 0.588. The van der Waals surface area contributed by atoms with Crippen LogP contribution < -0.4 is 4.74 Å². The number of Topliss-reactive ketones (excluding diaryl/α,β-unsaturated/α-hetero) is 1. The van der Waals surface area contributed by atoms with Gasteiger partial charge < -0.3 is 4.74 Å². The summed E-state index contributed by atoms with van der Waals surface area (Å²) < 4.78 is 5.76. The van der Waals surface area contributed by atoms with Crippen molar-refractivity contribution in [2.24, 2.45) is 5.92 Å². The van der Waals surface area contributed by atoms with Gasteiger partial charge in [0.05, 0.1) is 17.5 Å². The van der Waals surface area contributed by atoms with Gasteiger partial charge >= 0.3 is 0 Å². The smallest absolute Gasteiger partial charge is 0.184 e. The van der Waals surface area contributed by atoms with E-state index in [9.17, 15) is 4.79 Å². The first kappa shape index (κ1) is 17.0. The molecule has 1 rings (SSSR count). The zero-order valence-corrected chi connectivity index (χ0v) is 14.0. The van der Waals surface area contributed by atoms with Crippen molar-refractivity contribution in [2.75, 3.05) is 6.61 Å². The minimum atomic E-state index is -0.549. The second-order valence-corrected chi connectivity index (χ2v) is 7.30. The summed E-state index contributed by atoms with van der Waals surface area (Å²) in [6, 6.07) is 5.82. The highest BCUT2D eigenvalue weighted by Crippen LogP contribution is 2.29. The van der Waals surface area contributed by atoms with Gasteiger partial charge in [0.15, 0.2) is 5.78 Å². The van der Waals surface area contributed by atoms with Crippen LogP contribution in [0.2, 0.25) is 0 Å². The molecule has 1 atom stereocenters. The first-order valence-electron chi connectivity index (χ1n) is 7.08. The Kier molecular flexibility index (Phi) is 5.64. The average Bonchev–Trinajstić information content (AvgIpc) is 2.33. The summed E-state index contributed by atoms with van der Waals surface area (Å²) in [7, 11) is 0. The summed E-state index contributed by atoms with van der Waals surface area (Å²) in [6.07, 6.45) is 0. The molecule has 0 aliphatic rings. The highest BCUT2D eigenvalue weighted by atomic mass is 35.5. The zero-order valence-electron chi connectivity index (χ0n) is 13.3. The number of carbonyl (C=O) groups excluding carboxylic acids is 1. The summed E-state index contributed by atoms with van der Waals surface area (Å²) in [4.78, 5) is 12.3. The molecule has 0 amide bonds. The third-order valence-corrected chi connectivity index (χ3v) is 3.24. The Bertz CT molecular complexity index is 470. The third kappa shape index (κ3) is 4.52. The van der Waals surface area contributed by atoms with E-state index in [1.807, 2.05) is 18.2 Å². The van der Waals surface area contributed by atoms with E-state index in [4.69, 9.17) is 16.3 Å². The van der Waals surface area contributed by atoms with Crippen molar-refractivity contribution in [3.05, 3.63) is 29.3 Å². The molecule has 0 heterocycles. The summed E-state index contributed by atoms with van der Waals surface area (Å²) >= 11 is 5.96. The Hall–Kier alpha value is -1.02. The van der Waals surface area contributed by atoms with Crippen LogP contribution in [0.25, 0.3) is 0 Å². The summed E-state index contributed by atoms with van der Waals surface area (Å²) in [5.74, 6) is 0.953. The normalized spacial score (nSPS) is 13.4. The van der Waals surface area contributed by atoms with Gasteiger partial charge in [0.2, 0.25) is 0 Å².